The maximum absolute atomic E-state index is 9.09. The number of aromatic nitrogens is 5. The van der Waals surface area contributed by atoms with Crippen LogP contribution in [0, 0.1) is 0 Å². The van der Waals surface area contributed by atoms with Gasteiger partial charge < -0.3 is 26.4 Å². The Morgan fingerprint density at radius 2 is 1.78 bits per heavy atom. The van der Waals surface area contributed by atoms with Crippen molar-refractivity contribution in [2.75, 3.05) is 51.4 Å². The summed E-state index contributed by atoms with van der Waals surface area (Å²) >= 11 is 0. The number of likely N-dealkylation sites (tertiary alicyclic amines) is 2. The second-order valence-corrected chi connectivity index (χ2v) is 9.56. The Labute approximate surface area is 217 Å². The first kappa shape index (κ1) is 27.0. The zero-order chi connectivity index (χ0) is 26.4. The van der Waals surface area contributed by atoms with Crippen LogP contribution in [0.5, 0.6) is 5.75 Å². The molecule has 0 bridgehead atoms. The summed E-state index contributed by atoms with van der Waals surface area (Å²) < 4.78 is 7.35. The van der Waals surface area contributed by atoms with Crippen LogP contribution in [0.3, 0.4) is 0 Å². The highest BCUT2D eigenvalue weighted by Crippen LogP contribution is 2.34. The van der Waals surface area contributed by atoms with Crippen LogP contribution in [0.25, 0.3) is 11.0 Å². The third kappa shape index (κ3) is 6.09. The number of aliphatic hydroxyl groups is 2. The maximum Gasteiger partial charge on any atom is 0.222 e. The SMILES string of the molecule is CCCCCCO.COc1cc(CN2CC3[C@@H]2CN3CCO)ncc1Cn1ncc2nc(N)nc(N)c21. The molecule has 2 fully saturated rings. The zero-order valence-corrected chi connectivity index (χ0v) is 21.8. The fourth-order valence-electron chi connectivity index (χ4n) is 4.98. The maximum atomic E-state index is 9.09. The molecule has 202 valence electrons. The van der Waals surface area contributed by atoms with Gasteiger partial charge in [-0.05, 0) is 6.42 Å². The summed E-state index contributed by atoms with van der Waals surface area (Å²) in [4.78, 5) is 17.6. The van der Waals surface area contributed by atoms with Gasteiger partial charge in [0.1, 0.15) is 16.8 Å². The number of hydrogen-bond acceptors (Lipinski definition) is 11. The predicted molar refractivity (Wildman–Crippen MR) is 142 cm³/mol. The van der Waals surface area contributed by atoms with Gasteiger partial charge in [-0.15, -0.1) is 0 Å². The van der Waals surface area contributed by atoms with Crippen LogP contribution in [0.15, 0.2) is 18.5 Å². The molecule has 2 saturated heterocycles. The minimum absolute atomic E-state index is 0.127. The van der Waals surface area contributed by atoms with Crippen LogP contribution in [-0.4, -0.2) is 96.8 Å². The molecular formula is C25H39N9O3. The number of hydrogen-bond donors (Lipinski definition) is 4. The first-order valence-electron chi connectivity index (χ1n) is 12.9. The van der Waals surface area contributed by atoms with Gasteiger partial charge in [0.15, 0.2) is 5.82 Å². The van der Waals surface area contributed by atoms with Gasteiger partial charge in [-0.25, -0.2) is 4.98 Å². The molecule has 12 heteroatoms. The third-order valence-electron chi connectivity index (χ3n) is 7.06. The van der Waals surface area contributed by atoms with Crippen LogP contribution in [0.4, 0.5) is 11.8 Å². The van der Waals surface area contributed by atoms with Crippen molar-refractivity contribution in [3.63, 3.8) is 0 Å². The Balaban J connectivity index is 0.000000405. The Morgan fingerprint density at radius 3 is 2.46 bits per heavy atom. The van der Waals surface area contributed by atoms with Crippen LogP contribution >= 0.6 is 0 Å². The fraction of sp³-hybridized carbons (Fsp3) is 0.600. The lowest BCUT2D eigenvalue weighted by Gasteiger charge is -2.62. The zero-order valence-electron chi connectivity index (χ0n) is 21.8. The number of fused-ring (bicyclic) bond motifs is 2. The first-order chi connectivity index (χ1) is 18.0. The predicted octanol–water partition coefficient (Wildman–Crippen LogP) is 0.862. The molecule has 0 spiro atoms. The molecule has 0 radical (unpaired) electrons. The second kappa shape index (κ2) is 12.5. The average molecular weight is 514 g/mol. The Kier molecular flexibility index (Phi) is 9.09. The van der Waals surface area contributed by atoms with Gasteiger partial charge in [0, 0.05) is 62.7 Å². The number of nitrogens with zero attached hydrogens (tertiary/aromatic N) is 7. The summed E-state index contributed by atoms with van der Waals surface area (Å²) in [5.41, 5.74) is 14.8. The van der Waals surface area contributed by atoms with E-state index in [4.69, 9.17) is 26.4 Å². The molecule has 2 aliphatic rings. The lowest BCUT2D eigenvalue weighted by molar-refractivity contribution is -0.132. The number of piperazine rings is 1. The number of unbranched alkanes of at least 4 members (excludes halogenated alkanes) is 3. The fourth-order valence-corrected chi connectivity index (χ4v) is 4.98. The molecule has 2 atom stereocenters. The number of β-amino-alcohol motifs (C(OH)–C–C–N with tert-alkyl or cyclic N) is 1. The van der Waals surface area contributed by atoms with E-state index in [0.717, 1.165) is 49.6 Å². The van der Waals surface area contributed by atoms with E-state index in [1.807, 2.05) is 12.3 Å². The summed E-state index contributed by atoms with van der Waals surface area (Å²) in [6.45, 7) is 6.76. The highest BCUT2D eigenvalue weighted by Gasteiger charge is 2.50. The largest absolute Gasteiger partial charge is 0.496 e. The quantitative estimate of drug-likeness (QED) is 0.269. The summed E-state index contributed by atoms with van der Waals surface area (Å²) in [6, 6.07) is 3.12. The van der Waals surface area contributed by atoms with Gasteiger partial charge in [-0.3, -0.25) is 19.5 Å². The smallest absolute Gasteiger partial charge is 0.222 e. The van der Waals surface area contributed by atoms with Crippen molar-refractivity contribution in [3.05, 3.63) is 29.7 Å². The highest BCUT2D eigenvalue weighted by molar-refractivity contribution is 5.85. The van der Waals surface area contributed by atoms with Gasteiger partial charge in [0.25, 0.3) is 0 Å². The van der Waals surface area contributed by atoms with E-state index in [1.165, 1.54) is 19.3 Å². The van der Waals surface area contributed by atoms with Gasteiger partial charge in [0.05, 0.1) is 32.2 Å². The minimum Gasteiger partial charge on any atom is -0.496 e. The summed E-state index contributed by atoms with van der Waals surface area (Å²) in [7, 11) is 1.65. The highest BCUT2D eigenvalue weighted by atomic mass is 16.5. The molecular weight excluding hydrogens is 474 g/mol. The molecule has 0 aliphatic carbocycles. The molecule has 0 aromatic carbocycles. The Morgan fingerprint density at radius 1 is 1.00 bits per heavy atom. The van der Waals surface area contributed by atoms with Crippen molar-refractivity contribution in [1.29, 1.82) is 0 Å². The molecule has 37 heavy (non-hydrogen) atoms. The number of anilines is 2. The number of pyridine rings is 1. The molecule has 2 aliphatic heterocycles. The summed E-state index contributed by atoms with van der Waals surface area (Å²) in [5, 5.41) is 21.8. The number of aliphatic hydroxyl groups excluding tert-OH is 2. The first-order valence-corrected chi connectivity index (χ1v) is 12.9. The molecule has 5 rings (SSSR count). The molecule has 6 N–H and O–H groups in total. The van der Waals surface area contributed by atoms with Crippen molar-refractivity contribution in [2.45, 2.75) is 57.8 Å². The number of nitrogen functional groups attached to an aromatic ring is 2. The third-order valence-corrected chi connectivity index (χ3v) is 7.06. The lowest BCUT2D eigenvalue weighted by atomic mass is 9.85. The van der Waals surface area contributed by atoms with E-state index < -0.39 is 0 Å². The van der Waals surface area contributed by atoms with E-state index in [0.29, 0.717) is 42.1 Å². The normalized spacial score (nSPS) is 19.0. The van der Waals surface area contributed by atoms with Crippen molar-refractivity contribution < 1.29 is 14.9 Å². The summed E-state index contributed by atoms with van der Waals surface area (Å²) in [5.74, 6) is 1.18. The number of methoxy groups -OCH3 is 1. The molecule has 3 aromatic heterocycles. The van der Waals surface area contributed by atoms with Gasteiger partial charge in [-0.1, -0.05) is 26.2 Å². The Bertz CT molecular complexity index is 1170. The molecule has 3 aromatic rings. The molecule has 0 saturated carbocycles. The second-order valence-electron chi connectivity index (χ2n) is 9.56. The van der Waals surface area contributed by atoms with Crippen LogP contribution in [0.2, 0.25) is 0 Å². The standard InChI is InChI=1S/C19H25N9O2.C6H14O/c1-30-16-4-12(8-27-10-14-15(27)9-26(14)2-3-29)22-5-11(16)7-28-17-13(6-23-28)24-19(21)25-18(17)20;1-2-3-4-5-6-7/h4-6,14-15,29H,2-3,7-10H2,1H3,(H4,20,21,24,25);7H,2-6H2,1H3/t14?,15-;/m0./s1. The molecule has 0 amide bonds. The van der Waals surface area contributed by atoms with Gasteiger partial charge in [-0.2, -0.15) is 10.1 Å². The number of nitrogens with two attached hydrogens (primary N) is 2. The van der Waals surface area contributed by atoms with E-state index in [1.54, 1.807) is 18.0 Å². The van der Waals surface area contributed by atoms with Crippen LogP contribution in [0.1, 0.15) is 43.9 Å². The molecule has 1 unspecified atom stereocenters. The van der Waals surface area contributed by atoms with E-state index >= 15 is 0 Å². The molecule has 5 heterocycles. The average Bonchev–Trinajstić information content (AvgIpc) is 3.28. The summed E-state index contributed by atoms with van der Waals surface area (Å²) in [6.07, 6.45) is 8.13. The van der Waals surface area contributed by atoms with Crippen molar-refractivity contribution in [1.82, 2.24) is 34.5 Å². The monoisotopic (exact) mass is 513 g/mol. The van der Waals surface area contributed by atoms with Crippen molar-refractivity contribution in [2.24, 2.45) is 0 Å². The van der Waals surface area contributed by atoms with Gasteiger partial charge in [0.2, 0.25) is 5.95 Å². The molecule has 12 nitrogen and oxygen atoms in total. The van der Waals surface area contributed by atoms with Gasteiger partial charge >= 0.3 is 0 Å². The topological polar surface area (TPSA) is 165 Å². The van der Waals surface area contributed by atoms with Crippen molar-refractivity contribution >= 4 is 22.8 Å². The van der Waals surface area contributed by atoms with Crippen LogP contribution in [-0.2, 0) is 13.1 Å². The van der Waals surface area contributed by atoms with E-state index in [2.05, 4.69) is 36.8 Å². The lowest BCUT2D eigenvalue weighted by Crippen LogP contribution is -2.78. The van der Waals surface area contributed by atoms with E-state index in [-0.39, 0.29) is 12.6 Å². The van der Waals surface area contributed by atoms with Crippen molar-refractivity contribution in [3.8, 4) is 5.75 Å². The number of rotatable bonds is 11. The van der Waals surface area contributed by atoms with E-state index in [9.17, 15) is 0 Å². The number of ether oxygens (including phenoxy) is 1. The van der Waals surface area contributed by atoms with Crippen LogP contribution < -0.4 is 16.2 Å². The minimum atomic E-state index is 0.127. The Hall–Kier alpha value is -3.06.